The number of rotatable bonds is 4. The van der Waals surface area contributed by atoms with E-state index in [9.17, 15) is 4.79 Å². The van der Waals surface area contributed by atoms with E-state index in [1.807, 2.05) is 26.0 Å². The maximum Gasteiger partial charge on any atom is 0.228 e. The van der Waals surface area contributed by atoms with Crippen LogP contribution in [-0.2, 0) is 4.79 Å². The van der Waals surface area contributed by atoms with Gasteiger partial charge in [0.2, 0.25) is 5.91 Å². The van der Waals surface area contributed by atoms with Crippen LogP contribution in [0.2, 0.25) is 0 Å². The highest BCUT2D eigenvalue weighted by atomic mass is 16.1. The summed E-state index contributed by atoms with van der Waals surface area (Å²) in [5, 5.41) is 2.80. The monoisotopic (exact) mass is 206 g/mol. The Kier molecular flexibility index (Phi) is 4.28. The summed E-state index contributed by atoms with van der Waals surface area (Å²) in [5.74, 6) is 0.736. The molecule has 1 atom stereocenters. The first-order valence-corrected chi connectivity index (χ1v) is 5.37. The summed E-state index contributed by atoms with van der Waals surface area (Å²) in [4.78, 5) is 15.8. The topological polar surface area (TPSA) is 42.0 Å². The van der Waals surface area contributed by atoms with Crippen LogP contribution >= 0.6 is 0 Å². The quantitative estimate of drug-likeness (QED) is 0.823. The molecule has 0 aliphatic heterocycles. The Labute approximate surface area is 90.9 Å². The number of anilines is 1. The van der Waals surface area contributed by atoms with Gasteiger partial charge < -0.3 is 5.32 Å². The average Bonchev–Trinajstić information content (AvgIpc) is 2.22. The number of nitrogens with zero attached hydrogens (tertiary/aromatic N) is 1. The van der Waals surface area contributed by atoms with Gasteiger partial charge >= 0.3 is 0 Å². The highest BCUT2D eigenvalue weighted by Crippen LogP contribution is 2.09. The van der Waals surface area contributed by atoms with Gasteiger partial charge in [-0.2, -0.15) is 0 Å². The Bertz CT molecular complexity index is 319. The zero-order valence-electron chi connectivity index (χ0n) is 9.58. The lowest BCUT2D eigenvalue weighted by Crippen LogP contribution is -2.20. The Morgan fingerprint density at radius 3 is 2.80 bits per heavy atom. The van der Waals surface area contributed by atoms with E-state index < -0.39 is 0 Å². The Morgan fingerprint density at radius 2 is 2.27 bits per heavy atom. The minimum atomic E-state index is 0.0493. The van der Waals surface area contributed by atoms with E-state index in [1.165, 1.54) is 0 Å². The van der Waals surface area contributed by atoms with Gasteiger partial charge in [-0.3, -0.25) is 4.79 Å². The minimum Gasteiger partial charge on any atom is -0.310 e. The molecule has 1 aromatic rings. The van der Waals surface area contributed by atoms with Crippen molar-refractivity contribution in [2.75, 3.05) is 5.32 Å². The van der Waals surface area contributed by atoms with Gasteiger partial charge in [-0.15, -0.1) is 0 Å². The van der Waals surface area contributed by atoms with Crippen LogP contribution in [0.4, 0.5) is 5.82 Å². The fourth-order valence-electron chi connectivity index (χ4n) is 1.36. The molecule has 1 heterocycles. The molecular formula is C12H18N2O. The first-order chi connectivity index (χ1) is 7.13. The first-order valence-electron chi connectivity index (χ1n) is 5.37. The third-order valence-electron chi connectivity index (χ3n) is 2.33. The van der Waals surface area contributed by atoms with Crippen LogP contribution in [0.15, 0.2) is 18.3 Å². The molecule has 0 fully saturated rings. The summed E-state index contributed by atoms with van der Waals surface area (Å²) in [7, 11) is 0. The standard InChI is InChI=1S/C12H18N2O/c1-4-5-10(3)12(15)14-11-7-6-9(2)8-13-11/h6-8,10H,4-5H2,1-3H3,(H,13,14,15). The summed E-state index contributed by atoms with van der Waals surface area (Å²) in [5.41, 5.74) is 1.09. The molecule has 0 aliphatic rings. The largest absolute Gasteiger partial charge is 0.310 e. The van der Waals surface area contributed by atoms with Crippen LogP contribution in [0, 0.1) is 12.8 Å². The predicted octanol–water partition coefficient (Wildman–Crippen LogP) is 2.76. The molecule has 3 nitrogen and oxygen atoms in total. The number of nitrogens with one attached hydrogen (secondary N) is 1. The number of hydrogen-bond donors (Lipinski definition) is 1. The zero-order valence-corrected chi connectivity index (χ0v) is 9.58. The second-order valence-corrected chi connectivity index (χ2v) is 3.90. The lowest BCUT2D eigenvalue weighted by atomic mass is 10.1. The van der Waals surface area contributed by atoms with Gasteiger partial charge in [-0.05, 0) is 25.0 Å². The van der Waals surface area contributed by atoms with E-state index in [1.54, 1.807) is 6.20 Å². The number of carbonyl (C=O) groups is 1. The van der Waals surface area contributed by atoms with Gasteiger partial charge in [0.25, 0.3) is 0 Å². The van der Waals surface area contributed by atoms with Gasteiger partial charge in [0, 0.05) is 12.1 Å². The molecule has 0 spiro atoms. The van der Waals surface area contributed by atoms with E-state index >= 15 is 0 Å². The van der Waals surface area contributed by atoms with E-state index in [0.29, 0.717) is 5.82 Å². The molecule has 15 heavy (non-hydrogen) atoms. The number of amides is 1. The van der Waals surface area contributed by atoms with E-state index in [-0.39, 0.29) is 11.8 Å². The maximum atomic E-state index is 11.6. The molecule has 1 N–H and O–H groups in total. The van der Waals surface area contributed by atoms with Crippen molar-refractivity contribution in [3.05, 3.63) is 23.9 Å². The molecule has 0 aromatic carbocycles. The lowest BCUT2D eigenvalue weighted by molar-refractivity contribution is -0.119. The Balaban J connectivity index is 2.54. The highest BCUT2D eigenvalue weighted by Gasteiger charge is 2.11. The van der Waals surface area contributed by atoms with Crippen molar-refractivity contribution in [1.82, 2.24) is 4.98 Å². The van der Waals surface area contributed by atoms with Crippen LogP contribution in [0.25, 0.3) is 0 Å². The van der Waals surface area contributed by atoms with E-state index in [4.69, 9.17) is 0 Å². The molecule has 1 rings (SSSR count). The highest BCUT2D eigenvalue weighted by molar-refractivity contribution is 5.91. The number of pyridine rings is 1. The van der Waals surface area contributed by atoms with Gasteiger partial charge in [-0.25, -0.2) is 4.98 Å². The molecular weight excluding hydrogens is 188 g/mol. The van der Waals surface area contributed by atoms with E-state index in [0.717, 1.165) is 18.4 Å². The second kappa shape index (κ2) is 5.49. The molecule has 0 saturated carbocycles. The van der Waals surface area contributed by atoms with Crippen molar-refractivity contribution in [3.8, 4) is 0 Å². The SMILES string of the molecule is CCCC(C)C(=O)Nc1ccc(C)cn1. The number of aryl methyl sites for hydroxylation is 1. The number of aromatic nitrogens is 1. The van der Waals surface area contributed by atoms with Gasteiger partial charge in [0.1, 0.15) is 5.82 Å². The van der Waals surface area contributed by atoms with Crippen LogP contribution in [0.5, 0.6) is 0 Å². The fraction of sp³-hybridized carbons (Fsp3) is 0.500. The summed E-state index contributed by atoms with van der Waals surface area (Å²) in [6.07, 6.45) is 3.69. The average molecular weight is 206 g/mol. The van der Waals surface area contributed by atoms with Crippen molar-refractivity contribution >= 4 is 11.7 Å². The molecule has 0 saturated heterocycles. The van der Waals surface area contributed by atoms with Crippen molar-refractivity contribution in [3.63, 3.8) is 0 Å². The first kappa shape index (κ1) is 11.7. The van der Waals surface area contributed by atoms with Crippen molar-refractivity contribution in [2.24, 2.45) is 5.92 Å². The third kappa shape index (κ3) is 3.70. The molecule has 0 aliphatic carbocycles. The molecule has 1 aromatic heterocycles. The minimum absolute atomic E-state index is 0.0493. The van der Waals surface area contributed by atoms with Crippen LogP contribution in [0.1, 0.15) is 32.3 Å². The predicted molar refractivity (Wildman–Crippen MR) is 61.7 cm³/mol. The van der Waals surface area contributed by atoms with Gasteiger partial charge in [0.05, 0.1) is 0 Å². The van der Waals surface area contributed by atoms with Crippen molar-refractivity contribution < 1.29 is 4.79 Å². The van der Waals surface area contributed by atoms with Crippen LogP contribution in [0.3, 0.4) is 0 Å². The van der Waals surface area contributed by atoms with Crippen molar-refractivity contribution in [2.45, 2.75) is 33.6 Å². The summed E-state index contributed by atoms with van der Waals surface area (Å²) < 4.78 is 0. The smallest absolute Gasteiger partial charge is 0.228 e. The summed E-state index contributed by atoms with van der Waals surface area (Å²) in [6, 6.07) is 3.76. The van der Waals surface area contributed by atoms with Gasteiger partial charge in [0.15, 0.2) is 0 Å². The third-order valence-corrected chi connectivity index (χ3v) is 2.33. The molecule has 3 heteroatoms. The molecule has 1 amide bonds. The van der Waals surface area contributed by atoms with Crippen LogP contribution in [-0.4, -0.2) is 10.9 Å². The normalized spacial score (nSPS) is 12.2. The molecule has 1 unspecified atom stereocenters. The van der Waals surface area contributed by atoms with E-state index in [2.05, 4.69) is 17.2 Å². The molecule has 0 radical (unpaired) electrons. The summed E-state index contributed by atoms with van der Waals surface area (Å²) >= 11 is 0. The summed E-state index contributed by atoms with van der Waals surface area (Å²) in [6.45, 7) is 5.99. The van der Waals surface area contributed by atoms with Crippen molar-refractivity contribution in [1.29, 1.82) is 0 Å². The zero-order chi connectivity index (χ0) is 11.3. The van der Waals surface area contributed by atoms with Gasteiger partial charge in [-0.1, -0.05) is 26.3 Å². The second-order valence-electron chi connectivity index (χ2n) is 3.90. The number of carbonyl (C=O) groups excluding carboxylic acids is 1. The lowest BCUT2D eigenvalue weighted by Gasteiger charge is -2.10. The number of hydrogen-bond acceptors (Lipinski definition) is 2. The molecule has 0 bridgehead atoms. The molecule has 82 valence electrons. The van der Waals surface area contributed by atoms with Crippen LogP contribution < -0.4 is 5.32 Å². The maximum absolute atomic E-state index is 11.6. The fourth-order valence-corrected chi connectivity index (χ4v) is 1.36. The Hall–Kier alpha value is -1.38. The Morgan fingerprint density at radius 1 is 1.53 bits per heavy atom.